The van der Waals surface area contributed by atoms with Gasteiger partial charge in [-0.2, -0.15) is 0 Å². The second-order valence-corrected chi connectivity index (χ2v) is 10.3. The molecule has 2 unspecified atom stereocenters. The second-order valence-electron chi connectivity index (χ2n) is 10.3. The van der Waals surface area contributed by atoms with Gasteiger partial charge in [0, 0.05) is 18.4 Å². The predicted molar refractivity (Wildman–Crippen MR) is 121 cm³/mol. The summed E-state index contributed by atoms with van der Waals surface area (Å²) >= 11 is 0. The fraction of sp³-hybridized carbons (Fsp3) is 0.958. The van der Waals surface area contributed by atoms with Crippen LogP contribution in [0.4, 0.5) is 4.79 Å². The van der Waals surface area contributed by atoms with E-state index < -0.39 is 23.0 Å². The first-order chi connectivity index (χ1) is 13.6. The normalized spacial score (nSPS) is 16.8. The lowest BCUT2D eigenvalue weighted by molar-refractivity contribution is -0.108. The summed E-state index contributed by atoms with van der Waals surface area (Å²) in [7, 11) is 0. The predicted octanol–water partition coefficient (Wildman–Crippen LogP) is 5.89. The topological polar surface area (TPSA) is 74.2 Å². The SMILES string of the molecule is CCC(C)(O)CCOC(C)(C)CCOC(=O)OC(C)(CC)C(C)(C)CCOC(C)C. The molecule has 0 aromatic heterocycles. The van der Waals surface area contributed by atoms with Gasteiger partial charge in [0.05, 0.1) is 30.5 Å². The van der Waals surface area contributed by atoms with Crippen molar-refractivity contribution >= 4 is 6.16 Å². The van der Waals surface area contributed by atoms with E-state index in [1.54, 1.807) is 0 Å². The molecule has 0 aliphatic heterocycles. The maximum Gasteiger partial charge on any atom is 0.508 e. The van der Waals surface area contributed by atoms with Crippen molar-refractivity contribution in [3.05, 3.63) is 0 Å². The highest BCUT2D eigenvalue weighted by atomic mass is 16.7. The quantitative estimate of drug-likeness (QED) is 0.325. The Hall–Kier alpha value is -0.850. The van der Waals surface area contributed by atoms with Crippen LogP contribution < -0.4 is 0 Å². The molecule has 0 spiro atoms. The molecule has 0 rings (SSSR count). The van der Waals surface area contributed by atoms with Gasteiger partial charge in [-0.05, 0) is 67.2 Å². The van der Waals surface area contributed by atoms with Gasteiger partial charge < -0.3 is 24.1 Å². The van der Waals surface area contributed by atoms with E-state index >= 15 is 0 Å². The van der Waals surface area contributed by atoms with E-state index in [0.717, 1.165) is 6.42 Å². The van der Waals surface area contributed by atoms with Crippen LogP contribution >= 0.6 is 0 Å². The van der Waals surface area contributed by atoms with Gasteiger partial charge in [0.2, 0.25) is 0 Å². The van der Waals surface area contributed by atoms with Gasteiger partial charge in [0.25, 0.3) is 0 Å². The van der Waals surface area contributed by atoms with Crippen LogP contribution in [0.15, 0.2) is 0 Å². The van der Waals surface area contributed by atoms with Gasteiger partial charge in [-0.1, -0.05) is 27.7 Å². The lowest BCUT2D eigenvalue weighted by atomic mass is 9.72. The lowest BCUT2D eigenvalue weighted by Crippen LogP contribution is -2.46. The molecule has 0 saturated heterocycles. The molecule has 0 heterocycles. The van der Waals surface area contributed by atoms with Crippen molar-refractivity contribution < 1.29 is 28.8 Å². The largest absolute Gasteiger partial charge is 0.508 e. The minimum Gasteiger partial charge on any atom is -0.434 e. The Balaban J connectivity index is 4.54. The summed E-state index contributed by atoms with van der Waals surface area (Å²) in [5.41, 5.74) is -2.07. The first kappa shape index (κ1) is 29.1. The van der Waals surface area contributed by atoms with Crippen molar-refractivity contribution in [1.82, 2.24) is 0 Å². The van der Waals surface area contributed by atoms with E-state index in [-0.39, 0.29) is 18.1 Å². The van der Waals surface area contributed by atoms with E-state index in [1.165, 1.54) is 0 Å². The molecule has 0 aliphatic carbocycles. The van der Waals surface area contributed by atoms with E-state index in [2.05, 4.69) is 13.8 Å². The van der Waals surface area contributed by atoms with Gasteiger partial charge in [0.15, 0.2) is 0 Å². The molecule has 30 heavy (non-hydrogen) atoms. The van der Waals surface area contributed by atoms with Gasteiger partial charge in [-0.25, -0.2) is 4.79 Å². The summed E-state index contributed by atoms with van der Waals surface area (Å²) in [4.78, 5) is 12.4. The summed E-state index contributed by atoms with van der Waals surface area (Å²) in [6.07, 6.45) is 2.79. The van der Waals surface area contributed by atoms with Crippen molar-refractivity contribution in [2.24, 2.45) is 5.41 Å². The molecule has 6 nitrogen and oxygen atoms in total. The Kier molecular flexibility index (Phi) is 11.9. The third-order valence-electron chi connectivity index (χ3n) is 6.41. The molecule has 0 amide bonds. The minimum absolute atomic E-state index is 0.179. The molecule has 2 atom stereocenters. The molecule has 0 saturated carbocycles. The van der Waals surface area contributed by atoms with Gasteiger partial charge in [0.1, 0.15) is 5.60 Å². The van der Waals surface area contributed by atoms with Gasteiger partial charge in [-0.15, -0.1) is 0 Å². The highest BCUT2D eigenvalue weighted by molar-refractivity contribution is 5.60. The van der Waals surface area contributed by atoms with Gasteiger partial charge in [-0.3, -0.25) is 0 Å². The maximum atomic E-state index is 12.4. The Bertz CT molecular complexity index is 498. The molecule has 1 N–H and O–H groups in total. The number of ether oxygens (including phenoxy) is 4. The Morgan fingerprint density at radius 3 is 1.97 bits per heavy atom. The van der Waals surface area contributed by atoms with Crippen molar-refractivity contribution in [3.8, 4) is 0 Å². The second kappa shape index (κ2) is 12.3. The molecule has 180 valence electrons. The third kappa shape index (κ3) is 11.0. The number of rotatable bonds is 15. The molecular formula is C24H48O6. The molecule has 0 aromatic carbocycles. The minimum atomic E-state index is -0.714. The van der Waals surface area contributed by atoms with Crippen molar-refractivity contribution in [2.75, 3.05) is 19.8 Å². The van der Waals surface area contributed by atoms with Crippen LogP contribution in [0, 0.1) is 5.41 Å². The molecule has 0 aromatic rings. The number of carbonyl (C=O) groups is 1. The average molecular weight is 433 g/mol. The van der Waals surface area contributed by atoms with E-state index in [4.69, 9.17) is 18.9 Å². The Morgan fingerprint density at radius 2 is 1.47 bits per heavy atom. The highest BCUT2D eigenvalue weighted by Crippen LogP contribution is 2.40. The summed E-state index contributed by atoms with van der Waals surface area (Å²) in [6, 6.07) is 0. The number of carbonyl (C=O) groups excluding carboxylic acids is 1. The molecule has 0 fully saturated rings. The van der Waals surface area contributed by atoms with Crippen LogP contribution in [0.5, 0.6) is 0 Å². The summed E-state index contributed by atoms with van der Waals surface area (Å²) in [5.74, 6) is 0. The Morgan fingerprint density at radius 1 is 0.867 bits per heavy atom. The van der Waals surface area contributed by atoms with Crippen molar-refractivity contribution in [1.29, 1.82) is 0 Å². The first-order valence-electron chi connectivity index (χ1n) is 11.4. The van der Waals surface area contributed by atoms with Gasteiger partial charge >= 0.3 is 6.16 Å². The van der Waals surface area contributed by atoms with Crippen LogP contribution in [-0.2, 0) is 18.9 Å². The monoisotopic (exact) mass is 432 g/mol. The first-order valence-corrected chi connectivity index (χ1v) is 11.4. The van der Waals surface area contributed by atoms with Crippen molar-refractivity contribution in [3.63, 3.8) is 0 Å². The van der Waals surface area contributed by atoms with Crippen molar-refractivity contribution in [2.45, 2.75) is 124 Å². The van der Waals surface area contributed by atoms with Crippen LogP contribution in [-0.4, -0.2) is 54.0 Å². The molecule has 6 heteroatoms. The molecular weight excluding hydrogens is 384 g/mol. The molecule has 0 bridgehead atoms. The fourth-order valence-electron chi connectivity index (χ4n) is 2.89. The zero-order valence-electron chi connectivity index (χ0n) is 21.2. The Labute approximate surface area is 185 Å². The summed E-state index contributed by atoms with van der Waals surface area (Å²) in [6.45, 7) is 21.1. The van der Waals surface area contributed by atoms with Crippen LogP contribution in [0.25, 0.3) is 0 Å². The van der Waals surface area contributed by atoms with Crippen LogP contribution in [0.2, 0.25) is 0 Å². The summed E-state index contributed by atoms with van der Waals surface area (Å²) in [5, 5.41) is 10.1. The van der Waals surface area contributed by atoms with Crippen LogP contribution in [0.1, 0.15) is 101 Å². The average Bonchev–Trinajstić information content (AvgIpc) is 2.60. The molecule has 0 radical (unpaired) electrons. The molecule has 0 aliphatic rings. The van der Waals surface area contributed by atoms with Crippen LogP contribution in [0.3, 0.4) is 0 Å². The highest BCUT2D eigenvalue weighted by Gasteiger charge is 2.43. The zero-order chi connectivity index (χ0) is 23.6. The number of hydrogen-bond donors (Lipinski definition) is 1. The maximum absolute atomic E-state index is 12.4. The fourth-order valence-corrected chi connectivity index (χ4v) is 2.89. The number of hydrogen-bond acceptors (Lipinski definition) is 6. The number of aliphatic hydroxyl groups is 1. The smallest absolute Gasteiger partial charge is 0.434 e. The van der Waals surface area contributed by atoms with E-state index in [1.807, 2.05) is 55.4 Å². The third-order valence-corrected chi connectivity index (χ3v) is 6.41. The van der Waals surface area contributed by atoms with E-state index in [9.17, 15) is 9.90 Å². The standard InChI is InChI=1S/C24H48O6/c1-11-23(9,26)15-18-29-22(7,8)14-17-28-20(25)30-24(10,12-2)21(5,6)13-16-27-19(3)4/h19,26H,11-18H2,1-10H3. The zero-order valence-corrected chi connectivity index (χ0v) is 21.2. The summed E-state index contributed by atoms with van der Waals surface area (Å²) < 4.78 is 22.7. The lowest BCUT2D eigenvalue weighted by Gasteiger charge is -2.42. The van der Waals surface area contributed by atoms with E-state index in [0.29, 0.717) is 38.9 Å².